The first-order chi connectivity index (χ1) is 20.3. The van der Waals surface area contributed by atoms with Crippen LogP contribution in [0, 0.1) is 5.82 Å². The molecule has 0 saturated carbocycles. The fourth-order valence-corrected chi connectivity index (χ4v) is 6.15. The number of hydrogen-bond donors (Lipinski definition) is 1. The maximum Gasteiger partial charge on any atom is 0.254 e. The van der Waals surface area contributed by atoms with Crippen LogP contribution in [0.1, 0.15) is 39.9 Å². The molecule has 5 rings (SSSR count). The van der Waals surface area contributed by atoms with E-state index in [0.29, 0.717) is 29.2 Å². The van der Waals surface area contributed by atoms with Crippen LogP contribution in [-0.4, -0.2) is 82.1 Å². The summed E-state index contributed by atoms with van der Waals surface area (Å²) in [5.41, 5.74) is 2.23. The van der Waals surface area contributed by atoms with Gasteiger partial charge in [0.1, 0.15) is 5.82 Å². The van der Waals surface area contributed by atoms with E-state index in [4.69, 9.17) is 21.1 Å². The number of amides is 2. The van der Waals surface area contributed by atoms with Crippen molar-refractivity contribution in [2.75, 3.05) is 65.4 Å². The molecule has 1 N–H and O–H groups in total. The van der Waals surface area contributed by atoms with Crippen LogP contribution in [0.5, 0.6) is 11.5 Å². The number of hydrogen-bond acceptors (Lipinski definition) is 6. The van der Waals surface area contributed by atoms with Crippen molar-refractivity contribution in [3.8, 4) is 11.5 Å². The fraction of sp³-hybridized carbons (Fsp3) is 0.375. The molecule has 2 atom stereocenters. The second kappa shape index (κ2) is 13.0. The Labute approximate surface area is 250 Å². The van der Waals surface area contributed by atoms with Gasteiger partial charge in [0, 0.05) is 61.6 Å². The molecule has 3 aromatic rings. The number of fused-ring (bicyclic) bond motifs is 1. The summed E-state index contributed by atoms with van der Waals surface area (Å²) in [6, 6.07) is 16.6. The Morgan fingerprint density at radius 2 is 1.69 bits per heavy atom. The Bertz CT molecular complexity index is 1450. The van der Waals surface area contributed by atoms with E-state index in [1.165, 1.54) is 25.2 Å². The van der Waals surface area contributed by atoms with Crippen LogP contribution in [-0.2, 0) is 4.79 Å². The van der Waals surface area contributed by atoms with E-state index < -0.39 is 17.8 Å². The molecule has 0 aliphatic carbocycles. The molecule has 3 aromatic carbocycles. The molecule has 222 valence electrons. The molecule has 42 heavy (non-hydrogen) atoms. The molecule has 2 unspecified atom stereocenters. The summed E-state index contributed by atoms with van der Waals surface area (Å²) >= 11 is 6.16. The van der Waals surface area contributed by atoms with Crippen LogP contribution in [0.2, 0.25) is 5.02 Å². The Balaban J connectivity index is 1.29. The second-order valence-electron chi connectivity index (χ2n) is 10.6. The van der Waals surface area contributed by atoms with E-state index in [0.717, 1.165) is 49.9 Å². The molecule has 0 radical (unpaired) electrons. The van der Waals surface area contributed by atoms with Crippen molar-refractivity contribution in [1.82, 2.24) is 15.1 Å². The lowest BCUT2D eigenvalue weighted by Gasteiger charge is -2.40. The van der Waals surface area contributed by atoms with Gasteiger partial charge in [0.15, 0.2) is 11.5 Å². The quantitative estimate of drug-likeness (QED) is 0.361. The average molecular weight is 595 g/mol. The molecule has 8 nitrogen and oxygen atoms in total. The highest BCUT2D eigenvalue weighted by molar-refractivity contribution is 6.30. The van der Waals surface area contributed by atoms with E-state index in [-0.39, 0.29) is 17.4 Å². The molecule has 2 aliphatic heterocycles. The van der Waals surface area contributed by atoms with Crippen LogP contribution in [0.25, 0.3) is 0 Å². The minimum Gasteiger partial charge on any atom is -0.493 e. The average Bonchev–Trinajstić information content (AvgIpc) is 3.01. The molecule has 2 heterocycles. The van der Waals surface area contributed by atoms with Crippen LogP contribution < -0.4 is 19.7 Å². The van der Waals surface area contributed by atoms with Crippen molar-refractivity contribution in [2.45, 2.75) is 18.4 Å². The largest absolute Gasteiger partial charge is 0.493 e. The van der Waals surface area contributed by atoms with Gasteiger partial charge in [0.05, 0.1) is 26.2 Å². The number of nitrogens with zero attached hydrogens (tertiary/aromatic N) is 3. The van der Waals surface area contributed by atoms with Gasteiger partial charge in [0.25, 0.3) is 5.91 Å². The van der Waals surface area contributed by atoms with E-state index in [2.05, 4.69) is 21.2 Å². The highest BCUT2D eigenvalue weighted by Gasteiger charge is 2.44. The Hall–Kier alpha value is -3.82. The Kier molecular flexibility index (Phi) is 9.18. The minimum absolute atomic E-state index is 0.276. The zero-order valence-electron chi connectivity index (χ0n) is 24.1. The Morgan fingerprint density at radius 3 is 2.38 bits per heavy atom. The topological polar surface area (TPSA) is 74.4 Å². The standard InChI is InChI=1S/C32H36ClFN4O4/c1-36-30(23-10-4-5-11-26(23)34)29(24-19-27(41-2)28(42-3)20-25(24)32(36)40)31(39)35-12-7-13-37-14-16-38(17-15-37)22-9-6-8-21(33)18-22/h4-6,8-11,18-20,29-30H,7,12-17H2,1-3H3,(H,35,39). The molecule has 1 saturated heterocycles. The van der Waals surface area contributed by atoms with E-state index in [9.17, 15) is 9.59 Å². The molecule has 1 fully saturated rings. The zero-order valence-corrected chi connectivity index (χ0v) is 24.9. The number of halogens is 2. The van der Waals surface area contributed by atoms with Gasteiger partial charge in [-0.05, 0) is 54.9 Å². The number of carbonyl (C=O) groups excluding carboxylic acids is 2. The van der Waals surface area contributed by atoms with Gasteiger partial charge in [-0.2, -0.15) is 0 Å². The Morgan fingerprint density at radius 1 is 0.976 bits per heavy atom. The second-order valence-corrected chi connectivity index (χ2v) is 11.0. The predicted octanol–water partition coefficient (Wildman–Crippen LogP) is 4.74. The van der Waals surface area contributed by atoms with Gasteiger partial charge in [-0.15, -0.1) is 0 Å². The molecule has 0 bridgehead atoms. The van der Waals surface area contributed by atoms with Gasteiger partial charge in [-0.3, -0.25) is 14.5 Å². The van der Waals surface area contributed by atoms with Crippen LogP contribution in [0.4, 0.5) is 10.1 Å². The molecule has 0 spiro atoms. The predicted molar refractivity (Wildman–Crippen MR) is 161 cm³/mol. The number of rotatable bonds is 9. The number of likely N-dealkylation sites (N-methyl/N-ethyl adjacent to an activating group) is 1. The first-order valence-electron chi connectivity index (χ1n) is 14.1. The van der Waals surface area contributed by atoms with Crippen LogP contribution >= 0.6 is 11.6 Å². The number of anilines is 1. The molecule has 10 heteroatoms. The van der Waals surface area contributed by atoms with Gasteiger partial charge in [-0.1, -0.05) is 35.9 Å². The lowest BCUT2D eigenvalue weighted by molar-refractivity contribution is -0.124. The van der Waals surface area contributed by atoms with E-state index in [1.807, 2.05) is 18.2 Å². The third kappa shape index (κ3) is 6.03. The molecular weight excluding hydrogens is 559 g/mol. The molecule has 2 amide bonds. The van der Waals surface area contributed by atoms with Crippen molar-refractivity contribution in [3.63, 3.8) is 0 Å². The van der Waals surface area contributed by atoms with Gasteiger partial charge >= 0.3 is 0 Å². The first-order valence-corrected chi connectivity index (χ1v) is 14.5. The maximum atomic E-state index is 15.1. The number of nitrogens with one attached hydrogen (secondary N) is 1. The number of ether oxygens (including phenoxy) is 2. The van der Waals surface area contributed by atoms with Crippen LogP contribution in [0.3, 0.4) is 0 Å². The summed E-state index contributed by atoms with van der Waals surface area (Å²) in [5, 5.41) is 3.80. The lowest BCUT2D eigenvalue weighted by atomic mass is 9.79. The monoisotopic (exact) mass is 594 g/mol. The van der Waals surface area contributed by atoms with E-state index in [1.54, 1.807) is 37.4 Å². The van der Waals surface area contributed by atoms with Gasteiger partial charge < -0.3 is 24.6 Å². The molecule has 2 aliphatic rings. The summed E-state index contributed by atoms with van der Waals surface area (Å²) in [4.78, 5) is 33.5. The third-order valence-corrected chi connectivity index (χ3v) is 8.41. The number of carbonyl (C=O) groups is 2. The van der Waals surface area contributed by atoms with Crippen molar-refractivity contribution in [1.29, 1.82) is 0 Å². The maximum absolute atomic E-state index is 15.1. The number of benzene rings is 3. The van der Waals surface area contributed by atoms with Crippen LogP contribution in [0.15, 0.2) is 60.7 Å². The summed E-state index contributed by atoms with van der Waals surface area (Å²) in [6.45, 7) is 4.93. The number of piperazine rings is 1. The number of methoxy groups -OCH3 is 2. The van der Waals surface area contributed by atoms with E-state index >= 15 is 4.39 Å². The fourth-order valence-electron chi connectivity index (χ4n) is 5.96. The van der Waals surface area contributed by atoms with Gasteiger partial charge in [-0.25, -0.2) is 4.39 Å². The zero-order chi connectivity index (χ0) is 29.8. The SMILES string of the molecule is COc1cc2c(cc1OC)C(C(=O)NCCCN1CCN(c3cccc(Cl)c3)CC1)C(c1ccccc1F)N(C)C2=O. The summed E-state index contributed by atoms with van der Waals surface area (Å²) in [7, 11) is 4.59. The lowest BCUT2D eigenvalue weighted by Crippen LogP contribution is -2.47. The summed E-state index contributed by atoms with van der Waals surface area (Å²) in [6.07, 6.45) is 0.757. The summed E-state index contributed by atoms with van der Waals surface area (Å²) in [5.74, 6) is -1.13. The minimum atomic E-state index is -0.847. The van der Waals surface area contributed by atoms with Gasteiger partial charge in [0.2, 0.25) is 5.91 Å². The van der Waals surface area contributed by atoms with Crippen molar-refractivity contribution in [3.05, 3.63) is 88.2 Å². The highest BCUT2D eigenvalue weighted by atomic mass is 35.5. The smallest absolute Gasteiger partial charge is 0.254 e. The van der Waals surface area contributed by atoms with Crippen molar-refractivity contribution >= 4 is 29.1 Å². The first kappa shape index (κ1) is 29.7. The molecular formula is C32H36ClFN4O4. The van der Waals surface area contributed by atoms with Crippen molar-refractivity contribution in [2.24, 2.45) is 0 Å². The third-order valence-electron chi connectivity index (χ3n) is 8.18. The normalized spacial score (nSPS) is 18.9. The molecule has 0 aromatic heterocycles. The highest BCUT2D eigenvalue weighted by Crippen LogP contribution is 2.46. The summed E-state index contributed by atoms with van der Waals surface area (Å²) < 4.78 is 26.0. The van der Waals surface area contributed by atoms with Crippen molar-refractivity contribution < 1.29 is 23.5 Å².